The maximum atomic E-state index is 4.98. The molecule has 0 radical (unpaired) electrons. The summed E-state index contributed by atoms with van der Waals surface area (Å²) in [6.07, 6.45) is 5.39. The molecule has 0 fully saturated rings. The lowest BCUT2D eigenvalue weighted by atomic mass is 10.5. The lowest BCUT2D eigenvalue weighted by Crippen LogP contribution is -2.28. The highest BCUT2D eigenvalue weighted by Crippen LogP contribution is 2.02. The second-order valence-corrected chi connectivity index (χ2v) is 1.87. The lowest BCUT2D eigenvalue weighted by molar-refractivity contribution is 0.0147. The van der Waals surface area contributed by atoms with Crippen molar-refractivity contribution in [1.82, 2.24) is 4.90 Å². The van der Waals surface area contributed by atoms with E-state index in [0.717, 1.165) is 0 Å². The normalized spacial score (nSPS) is 25.1. The highest BCUT2D eigenvalue weighted by Gasteiger charge is 2.07. The fraction of sp³-hybridized carbons (Fsp3) is 0.500. The van der Waals surface area contributed by atoms with Crippen molar-refractivity contribution < 1.29 is 4.74 Å². The first-order valence-electron chi connectivity index (χ1n) is 2.79. The van der Waals surface area contributed by atoms with Gasteiger partial charge in [-0.2, -0.15) is 0 Å². The summed E-state index contributed by atoms with van der Waals surface area (Å²) in [7, 11) is 3.55. The molecule has 1 atom stereocenters. The molecular formula is C6H10N2O. The fourth-order valence-corrected chi connectivity index (χ4v) is 0.703. The molecule has 50 valence electrons. The van der Waals surface area contributed by atoms with E-state index in [2.05, 4.69) is 4.99 Å². The summed E-state index contributed by atoms with van der Waals surface area (Å²) < 4.78 is 4.98. The van der Waals surface area contributed by atoms with E-state index in [-0.39, 0.29) is 6.35 Å². The number of hydrogen-bond acceptors (Lipinski definition) is 3. The molecule has 1 aliphatic rings. The highest BCUT2D eigenvalue weighted by molar-refractivity contribution is 5.71. The quantitative estimate of drug-likeness (QED) is 0.509. The van der Waals surface area contributed by atoms with E-state index in [1.165, 1.54) is 0 Å². The van der Waals surface area contributed by atoms with Crippen molar-refractivity contribution in [1.29, 1.82) is 0 Å². The number of ether oxygens (including phenoxy) is 1. The summed E-state index contributed by atoms with van der Waals surface area (Å²) >= 11 is 0. The van der Waals surface area contributed by atoms with Crippen LogP contribution >= 0.6 is 0 Å². The lowest BCUT2D eigenvalue weighted by Gasteiger charge is -2.22. The highest BCUT2D eigenvalue weighted by atomic mass is 16.5. The number of hydrogen-bond donors (Lipinski definition) is 0. The molecule has 0 aliphatic carbocycles. The van der Waals surface area contributed by atoms with E-state index in [1.807, 2.05) is 24.2 Å². The zero-order valence-electron chi connectivity index (χ0n) is 5.61. The second-order valence-electron chi connectivity index (χ2n) is 1.87. The molecule has 0 N–H and O–H groups in total. The Hall–Kier alpha value is -0.830. The largest absolute Gasteiger partial charge is 0.342 e. The molecule has 0 aromatic heterocycles. The molecule has 0 saturated carbocycles. The topological polar surface area (TPSA) is 24.8 Å². The van der Waals surface area contributed by atoms with Gasteiger partial charge in [-0.15, -0.1) is 0 Å². The van der Waals surface area contributed by atoms with Crippen LogP contribution in [0.3, 0.4) is 0 Å². The summed E-state index contributed by atoms with van der Waals surface area (Å²) in [6.45, 7) is 0. The Morgan fingerprint density at radius 1 is 1.67 bits per heavy atom. The molecule has 0 bridgehead atoms. The molecule has 0 aromatic rings. The molecule has 0 aromatic carbocycles. The number of nitrogens with zero attached hydrogens (tertiary/aromatic N) is 2. The molecule has 1 aliphatic heterocycles. The van der Waals surface area contributed by atoms with Crippen molar-refractivity contribution in [2.45, 2.75) is 6.35 Å². The van der Waals surface area contributed by atoms with Crippen molar-refractivity contribution >= 4 is 6.21 Å². The minimum Gasteiger partial charge on any atom is -0.342 e. The average Bonchev–Trinajstić information content (AvgIpc) is 1.89. The molecule has 1 rings (SSSR count). The summed E-state index contributed by atoms with van der Waals surface area (Å²) in [5, 5.41) is 0. The Morgan fingerprint density at radius 3 is 2.89 bits per heavy atom. The van der Waals surface area contributed by atoms with Gasteiger partial charge < -0.3 is 9.64 Å². The van der Waals surface area contributed by atoms with Gasteiger partial charge in [0.15, 0.2) is 0 Å². The second kappa shape index (κ2) is 2.64. The molecule has 0 spiro atoms. The fourth-order valence-electron chi connectivity index (χ4n) is 0.703. The SMILES string of the molecule is COC1N=CC=CN1C. The Bertz CT molecular complexity index is 142. The van der Waals surface area contributed by atoms with E-state index in [9.17, 15) is 0 Å². The van der Waals surface area contributed by atoms with Gasteiger partial charge in [0.2, 0.25) is 6.35 Å². The summed E-state index contributed by atoms with van der Waals surface area (Å²) in [6, 6.07) is 0. The Morgan fingerprint density at radius 2 is 2.44 bits per heavy atom. The minimum absolute atomic E-state index is 0.130. The van der Waals surface area contributed by atoms with E-state index in [4.69, 9.17) is 4.74 Å². The Kier molecular flexibility index (Phi) is 1.85. The zero-order valence-corrected chi connectivity index (χ0v) is 5.61. The van der Waals surface area contributed by atoms with E-state index in [0.29, 0.717) is 0 Å². The van der Waals surface area contributed by atoms with Gasteiger partial charge in [0.05, 0.1) is 0 Å². The van der Waals surface area contributed by atoms with Gasteiger partial charge in [-0.3, -0.25) is 0 Å². The van der Waals surface area contributed by atoms with Crippen LogP contribution in [-0.4, -0.2) is 31.6 Å². The summed E-state index contributed by atoms with van der Waals surface area (Å²) in [4.78, 5) is 5.91. The Labute approximate surface area is 54.6 Å². The van der Waals surface area contributed by atoms with E-state index in [1.54, 1.807) is 13.3 Å². The monoisotopic (exact) mass is 126 g/mol. The van der Waals surface area contributed by atoms with Gasteiger partial charge in [-0.1, -0.05) is 0 Å². The molecular weight excluding hydrogens is 116 g/mol. The first kappa shape index (κ1) is 6.29. The molecule has 3 heteroatoms. The smallest absolute Gasteiger partial charge is 0.226 e. The zero-order chi connectivity index (χ0) is 6.69. The van der Waals surface area contributed by atoms with Crippen molar-refractivity contribution in [3.63, 3.8) is 0 Å². The maximum absolute atomic E-state index is 4.98. The van der Waals surface area contributed by atoms with Gasteiger partial charge in [-0.05, 0) is 6.08 Å². The third-order valence-corrected chi connectivity index (χ3v) is 1.18. The molecule has 9 heavy (non-hydrogen) atoms. The summed E-state index contributed by atoms with van der Waals surface area (Å²) in [5.41, 5.74) is 0. The third-order valence-electron chi connectivity index (χ3n) is 1.18. The number of methoxy groups -OCH3 is 1. The number of aliphatic imine (C=N–C) groups is 1. The number of allylic oxidation sites excluding steroid dienone is 1. The Balaban J connectivity index is 2.55. The predicted octanol–water partition coefficient (Wildman–Crippen LogP) is 0.446. The first-order valence-corrected chi connectivity index (χ1v) is 2.79. The molecule has 1 heterocycles. The number of rotatable bonds is 1. The van der Waals surface area contributed by atoms with Crippen molar-refractivity contribution in [2.24, 2.45) is 4.99 Å². The van der Waals surface area contributed by atoms with Gasteiger partial charge in [0.25, 0.3) is 0 Å². The van der Waals surface area contributed by atoms with E-state index >= 15 is 0 Å². The van der Waals surface area contributed by atoms with Crippen LogP contribution < -0.4 is 0 Å². The van der Waals surface area contributed by atoms with Gasteiger partial charge in [0, 0.05) is 26.6 Å². The van der Waals surface area contributed by atoms with Crippen LogP contribution in [0.1, 0.15) is 0 Å². The predicted molar refractivity (Wildman–Crippen MR) is 36.2 cm³/mol. The maximum Gasteiger partial charge on any atom is 0.226 e. The molecule has 0 saturated heterocycles. The van der Waals surface area contributed by atoms with Crippen molar-refractivity contribution in [3.05, 3.63) is 12.3 Å². The van der Waals surface area contributed by atoms with Gasteiger partial charge >= 0.3 is 0 Å². The molecule has 3 nitrogen and oxygen atoms in total. The van der Waals surface area contributed by atoms with E-state index < -0.39 is 0 Å². The third kappa shape index (κ3) is 1.29. The van der Waals surface area contributed by atoms with Gasteiger partial charge in [-0.25, -0.2) is 4.99 Å². The van der Waals surface area contributed by atoms with Crippen molar-refractivity contribution in [3.8, 4) is 0 Å². The standard InChI is InChI=1S/C6H10N2O/c1-8-5-3-4-7-6(8)9-2/h3-6H,1-2H3. The van der Waals surface area contributed by atoms with Crippen LogP contribution in [-0.2, 0) is 4.74 Å². The van der Waals surface area contributed by atoms with Crippen LogP contribution in [0.5, 0.6) is 0 Å². The van der Waals surface area contributed by atoms with Crippen LogP contribution in [0.15, 0.2) is 17.3 Å². The molecule has 1 unspecified atom stereocenters. The average molecular weight is 126 g/mol. The van der Waals surface area contributed by atoms with Crippen LogP contribution in [0.4, 0.5) is 0 Å². The van der Waals surface area contributed by atoms with Crippen LogP contribution in [0.25, 0.3) is 0 Å². The summed E-state index contributed by atoms with van der Waals surface area (Å²) in [5.74, 6) is 0. The molecule has 0 amide bonds. The van der Waals surface area contributed by atoms with Crippen LogP contribution in [0, 0.1) is 0 Å². The minimum atomic E-state index is -0.130. The van der Waals surface area contributed by atoms with Gasteiger partial charge in [0.1, 0.15) is 0 Å². The van der Waals surface area contributed by atoms with Crippen molar-refractivity contribution in [2.75, 3.05) is 14.2 Å². The first-order chi connectivity index (χ1) is 4.34. The van der Waals surface area contributed by atoms with Crippen LogP contribution in [0.2, 0.25) is 0 Å².